The molecule has 1 amide bonds. The summed E-state index contributed by atoms with van der Waals surface area (Å²) in [4.78, 5) is 23.5. The minimum absolute atomic E-state index is 0.150. The number of carbonyl (C=O) groups is 1. The van der Waals surface area contributed by atoms with Crippen LogP contribution >= 0.6 is 11.8 Å². The summed E-state index contributed by atoms with van der Waals surface area (Å²) in [6.07, 6.45) is 4.18. The summed E-state index contributed by atoms with van der Waals surface area (Å²) >= 11 is 1.21. The monoisotopic (exact) mass is 309 g/mol. The molecule has 0 aromatic carbocycles. The van der Waals surface area contributed by atoms with Gasteiger partial charge in [0.15, 0.2) is 5.16 Å². The van der Waals surface area contributed by atoms with Gasteiger partial charge in [-0.05, 0) is 32.1 Å². The lowest BCUT2D eigenvalue weighted by Gasteiger charge is -2.21. The minimum Gasteiger partial charge on any atom is -0.337 e. The Morgan fingerprint density at radius 1 is 1.57 bits per heavy atom. The number of amides is 1. The van der Waals surface area contributed by atoms with Crippen LogP contribution in [0, 0.1) is 11.3 Å². The number of nitriles is 1. The Kier molecular flexibility index (Phi) is 5.07. The highest BCUT2D eigenvalue weighted by Crippen LogP contribution is 2.29. The molecule has 1 saturated carbocycles. The van der Waals surface area contributed by atoms with E-state index < -0.39 is 5.54 Å². The van der Waals surface area contributed by atoms with Gasteiger partial charge < -0.3 is 5.32 Å². The van der Waals surface area contributed by atoms with Gasteiger partial charge in [0.2, 0.25) is 5.91 Å². The molecule has 1 fully saturated rings. The molecule has 2 rings (SSSR count). The molecule has 1 aliphatic rings. The number of H-pyrrole nitrogens is 1. The summed E-state index contributed by atoms with van der Waals surface area (Å²) in [5.74, 6) is -0.0424. The molecule has 0 radical (unpaired) electrons. The summed E-state index contributed by atoms with van der Waals surface area (Å²) in [5.41, 5.74) is -0.962. The normalized spacial score (nSPS) is 16.6. The van der Waals surface area contributed by atoms with Crippen LogP contribution in [0.25, 0.3) is 0 Å². The fraction of sp³-hybridized carbons (Fsp3) is 0.692. The second-order valence-corrected chi connectivity index (χ2v) is 6.14. The molecule has 1 aromatic rings. The van der Waals surface area contributed by atoms with Crippen LogP contribution in [-0.2, 0) is 11.3 Å². The molecule has 1 aromatic heterocycles. The quantitative estimate of drug-likeness (QED) is 0.764. The predicted octanol–water partition coefficient (Wildman–Crippen LogP) is 1.03. The first-order chi connectivity index (χ1) is 10.1. The lowest BCUT2D eigenvalue weighted by atomic mass is 10.0. The van der Waals surface area contributed by atoms with Crippen LogP contribution in [-0.4, -0.2) is 32.0 Å². The lowest BCUT2D eigenvalue weighted by molar-refractivity contribution is -0.119. The summed E-state index contributed by atoms with van der Waals surface area (Å²) in [5, 5.41) is 18.9. The smallest absolute Gasteiger partial charge is 0.337 e. The highest BCUT2D eigenvalue weighted by molar-refractivity contribution is 7.99. The average Bonchev–Trinajstić information content (AvgIpc) is 3.06. The number of hydrogen-bond donors (Lipinski definition) is 2. The Labute approximate surface area is 127 Å². The van der Waals surface area contributed by atoms with Gasteiger partial charge in [0.25, 0.3) is 0 Å². The van der Waals surface area contributed by atoms with Gasteiger partial charge in [-0.2, -0.15) is 5.26 Å². The van der Waals surface area contributed by atoms with Crippen LogP contribution in [0.3, 0.4) is 0 Å². The van der Waals surface area contributed by atoms with E-state index in [1.54, 1.807) is 0 Å². The van der Waals surface area contributed by atoms with Crippen molar-refractivity contribution in [3.05, 3.63) is 10.5 Å². The van der Waals surface area contributed by atoms with E-state index in [9.17, 15) is 14.9 Å². The molecule has 2 N–H and O–H groups in total. The highest BCUT2D eigenvalue weighted by Gasteiger charge is 2.35. The Hall–Kier alpha value is -1.75. The Morgan fingerprint density at radius 3 is 2.90 bits per heavy atom. The Balaban J connectivity index is 1.93. The number of aromatic amines is 1. The molecule has 0 unspecified atom stereocenters. The molecule has 0 bridgehead atoms. The van der Waals surface area contributed by atoms with Gasteiger partial charge in [0.1, 0.15) is 5.54 Å². The molecule has 114 valence electrons. The zero-order chi connectivity index (χ0) is 15.3. The van der Waals surface area contributed by atoms with Crippen molar-refractivity contribution in [2.75, 3.05) is 5.75 Å². The van der Waals surface area contributed by atoms with E-state index >= 15 is 0 Å². The van der Waals surface area contributed by atoms with E-state index in [-0.39, 0.29) is 17.3 Å². The molecular weight excluding hydrogens is 290 g/mol. The molecule has 0 spiro atoms. The number of thioether (sulfide) groups is 1. The van der Waals surface area contributed by atoms with E-state index in [2.05, 4.69) is 21.6 Å². The third kappa shape index (κ3) is 3.67. The van der Waals surface area contributed by atoms with E-state index in [1.165, 1.54) is 16.3 Å². The highest BCUT2D eigenvalue weighted by atomic mass is 32.2. The van der Waals surface area contributed by atoms with Crippen molar-refractivity contribution in [2.24, 2.45) is 0 Å². The maximum atomic E-state index is 12.0. The van der Waals surface area contributed by atoms with Gasteiger partial charge in [0, 0.05) is 6.54 Å². The predicted molar refractivity (Wildman–Crippen MR) is 78.8 cm³/mol. The van der Waals surface area contributed by atoms with Crippen LogP contribution in [0.2, 0.25) is 0 Å². The fourth-order valence-corrected chi connectivity index (χ4v) is 3.28. The third-order valence-corrected chi connectivity index (χ3v) is 4.53. The first-order valence-electron chi connectivity index (χ1n) is 7.10. The molecule has 0 atom stereocenters. The number of nitrogens with one attached hydrogen (secondary N) is 2. The molecule has 7 nitrogen and oxygen atoms in total. The average molecular weight is 309 g/mol. The number of hydrogen-bond acceptors (Lipinski definition) is 5. The van der Waals surface area contributed by atoms with E-state index in [0.29, 0.717) is 24.5 Å². The number of aromatic nitrogens is 3. The topological polar surface area (TPSA) is 104 Å². The van der Waals surface area contributed by atoms with Crippen LogP contribution in [0.1, 0.15) is 39.0 Å². The second kappa shape index (κ2) is 6.80. The number of nitrogens with zero attached hydrogens (tertiary/aromatic N) is 3. The summed E-state index contributed by atoms with van der Waals surface area (Å²) in [6, 6.07) is 2.22. The first kappa shape index (κ1) is 15.6. The van der Waals surface area contributed by atoms with Crippen LogP contribution < -0.4 is 11.0 Å². The van der Waals surface area contributed by atoms with Crippen molar-refractivity contribution in [1.29, 1.82) is 5.26 Å². The Morgan fingerprint density at radius 2 is 2.29 bits per heavy atom. The Bertz CT molecular complexity index is 594. The maximum absolute atomic E-state index is 12.0. The van der Waals surface area contributed by atoms with Crippen molar-refractivity contribution in [3.8, 4) is 6.07 Å². The summed E-state index contributed by atoms with van der Waals surface area (Å²) < 4.78 is 1.52. The van der Waals surface area contributed by atoms with Crippen molar-refractivity contribution in [2.45, 2.75) is 56.3 Å². The number of carbonyl (C=O) groups excluding carboxylic acids is 1. The van der Waals surface area contributed by atoms with Gasteiger partial charge in [-0.15, -0.1) is 5.10 Å². The zero-order valence-electron chi connectivity index (χ0n) is 12.0. The molecule has 1 heterocycles. The third-order valence-electron chi connectivity index (χ3n) is 3.55. The van der Waals surface area contributed by atoms with Crippen molar-refractivity contribution in [1.82, 2.24) is 20.1 Å². The molecule has 0 saturated heterocycles. The molecule has 21 heavy (non-hydrogen) atoms. The standard InChI is InChI=1S/C13H19N5O2S/c1-2-7-18-11(20)16-17-12(18)21-8-10(19)15-13(9-14)5-3-4-6-13/h2-8H2,1H3,(H,15,19)(H,16,20). The van der Waals surface area contributed by atoms with Crippen molar-refractivity contribution < 1.29 is 4.79 Å². The van der Waals surface area contributed by atoms with Crippen molar-refractivity contribution >= 4 is 17.7 Å². The molecular formula is C13H19N5O2S. The fourth-order valence-electron chi connectivity index (χ4n) is 2.51. The van der Waals surface area contributed by atoms with E-state index in [0.717, 1.165) is 19.3 Å². The largest absolute Gasteiger partial charge is 0.343 e. The van der Waals surface area contributed by atoms with Crippen molar-refractivity contribution in [3.63, 3.8) is 0 Å². The molecule has 0 aliphatic heterocycles. The summed E-state index contributed by atoms with van der Waals surface area (Å²) in [6.45, 7) is 2.54. The van der Waals surface area contributed by atoms with Gasteiger partial charge in [-0.3, -0.25) is 9.36 Å². The molecule has 8 heteroatoms. The van der Waals surface area contributed by atoms with Crippen LogP contribution in [0.5, 0.6) is 0 Å². The zero-order valence-corrected chi connectivity index (χ0v) is 12.8. The van der Waals surface area contributed by atoms with E-state index in [4.69, 9.17) is 0 Å². The van der Waals surface area contributed by atoms with E-state index in [1.807, 2.05) is 6.92 Å². The second-order valence-electron chi connectivity index (χ2n) is 5.20. The SMILES string of the molecule is CCCn1c(SCC(=O)NC2(C#N)CCCC2)n[nH]c1=O. The van der Waals surface area contributed by atoms with Crippen LogP contribution in [0.15, 0.2) is 9.95 Å². The van der Waals surface area contributed by atoms with Crippen LogP contribution in [0.4, 0.5) is 0 Å². The van der Waals surface area contributed by atoms with Gasteiger partial charge in [0.05, 0.1) is 11.8 Å². The lowest BCUT2D eigenvalue weighted by Crippen LogP contribution is -2.45. The number of rotatable bonds is 6. The first-order valence-corrected chi connectivity index (χ1v) is 8.09. The van der Waals surface area contributed by atoms with Gasteiger partial charge in [-0.1, -0.05) is 18.7 Å². The van der Waals surface area contributed by atoms with Gasteiger partial charge >= 0.3 is 5.69 Å². The maximum Gasteiger partial charge on any atom is 0.343 e. The summed E-state index contributed by atoms with van der Waals surface area (Å²) in [7, 11) is 0. The van der Waals surface area contributed by atoms with Gasteiger partial charge in [-0.25, -0.2) is 9.89 Å². The molecule has 1 aliphatic carbocycles. The minimum atomic E-state index is -0.702.